The maximum atomic E-state index is 13.6. The molecule has 0 fully saturated rings. The molecule has 5 nitrogen and oxygen atoms in total. The summed E-state index contributed by atoms with van der Waals surface area (Å²) in [6, 6.07) is 19.3. The van der Waals surface area contributed by atoms with Gasteiger partial charge in [0.05, 0.1) is 6.21 Å². The molecule has 1 amide bonds. The molecular formula is C21H17FN2O3. The molecule has 0 aliphatic carbocycles. The molecule has 0 unspecified atom stereocenters. The van der Waals surface area contributed by atoms with Gasteiger partial charge in [0, 0.05) is 11.1 Å². The Morgan fingerprint density at radius 3 is 2.63 bits per heavy atom. The number of carbonyl (C=O) groups excluding carboxylic acids is 1. The average Bonchev–Trinajstić information content (AvgIpc) is 2.68. The Bertz CT molecular complexity index is 956. The van der Waals surface area contributed by atoms with Crippen molar-refractivity contribution >= 4 is 12.1 Å². The molecule has 0 atom stereocenters. The van der Waals surface area contributed by atoms with Gasteiger partial charge in [-0.05, 0) is 48.0 Å². The second-order valence-corrected chi connectivity index (χ2v) is 5.70. The summed E-state index contributed by atoms with van der Waals surface area (Å²) >= 11 is 0. The number of amides is 1. The minimum Gasteiger partial charge on any atom is -0.508 e. The van der Waals surface area contributed by atoms with Gasteiger partial charge in [0.1, 0.15) is 23.9 Å². The lowest BCUT2D eigenvalue weighted by atomic mass is 10.2. The van der Waals surface area contributed by atoms with Gasteiger partial charge in [0.2, 0.25) is 0 Å². The van der Waals surface area contributed by atoms with Crippen molar-refractivity contribution in [2.24, 2.45) is 5.10 Å². The Labute approximate surface area is 155 Å². The third kappa shape index (κ3) is 5.15. The zero-order valence-corrected chi connectivity index (χ0v) is 14.3. The SMILES string of the molecule is O=C(N/N=C/c1cccc(OCc2ccccc2F)c1)c1ccc(O)cc1. The Kier molecular flexibility index (Phi) is 5.79. The number of hydrazone groups is 1. The highest BCUT2D eigenvalue weighted by Crippen LogP contribution is 2.15. The first kappa shape index (κ1) is 18.1. The van der Waals surface area contributed by atoms with Gasteiger partial charge < -0.3 is 9.84 Å². The number of rotatable bonds is 6. The number of nitrogens with zero attached hydrogens (tertiary/aromatic N) is 1. The molecule has 0 aromatic heterocycles. The number of benzene rings is 3. The molecule has 136 valence electrons. The number of hydrogen-bond donors (Lipinski definition) is 2. The van der Waals surface area contributed by atoms with Crippen LogP contribution in [0.1, 0.15) is 21.5 Å². The molecule has 3 aromatic rings. The molecule has 0 saturated heterocycles. The lowest BCUT2D eigenvalue weighted by Crippen LogP contribution is -2.17. The first-order valence-electron chi connectivity index (χ1n) is 8.20. The molecule has 3 rings (SSSR count). The predicted molar refractivity (Wildman–Crippen MR) is 100 cm³/mol. The first-order valence-corrected chi connectivity index (χ1v) is 8.20. The van der Waals surface area contributed by atoms with E-state index in [1.54, 1.807) is 42.5 Å². The number of phenolic OH excluding ortho intramolecular Hbond substituents is 1. The lowest BCUT2D eigenvalue weighted by Gasteiger charge is -2.07. The zero-order chi connectivity index (χ0) is 19.1. The van der Waals surface area contributed by atoms with Gasteiger partial charge in [-0.3, -0.25) is 4.79 Å². The van der Waals surface area contributed by atoms with E-state index >= 15 is 0 Å². The van der Waals surface area contributed by atoms with Gasteiger partial charge in [-0.2, -0.15) is 5.10 Å². The van der Waals surface area contributed by atoms with Crippen LogP contribution >= 0.6 is 0 Å². The van der Waals surface area contributed by atoms with Crippen LogP contribution in [0.4, 0.5) is 4.39 Å². The molecular weight excluding hydrogens is 347 g/mol. The number of halogens is 1. The highest BCUT2D eigenvalue weighted by atomic mass is 19.1. The molecule has 27 heavy (non-hydrogen) atoms. The fourth-order valence-electron chi connectivity index (χ4n) is 2.30. The zero-order valence-electron chi connectivity index (χ0n) is 14.3. The average molecular weight is 364 g/mol. The summed E-state index contributed by atoms with van der Waals surface area (Å²) in [5, 5.41) is 13.1. The molecule has 0 spiro atoms. The second-order valence-electron chi connectivity index (χ2n) is 5.70. The van der Waals surface area contributed by atoms with Crippen LogP contribution in [-0.4, -0.2) is 17.2 Å². The van der Waals surface area contributed by atoms with Gasteiger partial charge in [-0.15, -0.1) is 0 Å². The first-order chi connectivity index (χ1) is 13.1. The Hall–Kier alpha value is -3.67. The van der Waals surface area contributed by atoms with Crippen molar-refractivity contribution < 1.29 is 19.0 Å². The van der Waals surface area contributed by atoms with Crippen LogP contribution in [0.25, 0.3) is 0 Å². The van der Waals surface area contributed by atoms with Crippen LogP contribution < -0.4 is 10.2 Å². The van der Waals surface area contributed by atoms with Crippen LogP contribution in [-0.2, 0) is 6.61 Å². The molecule has 0 saturated carbocycles. The summed E-state index contributed by atoms with van der Waals surface area (Å²) in [6.07, 6.45) is 1.48. The van der Waals surface area contributed by atoms with Crippen molar-refractivity contribution in [1.82, 2.24) is 5.43 Å². The summed E-state index contributed by atoms with van der Waals surface area (Å²) < 4.78 is 19.2. The molecule has 0 aliphatic rings. The standard InChI is InChI=1S/C21H17FN2O3/c22-20-7-2-1-5-17(20)14-27-19-6-3-4-15(12-19)13-23-24-21(26)16-8-10-18(25)11-9-16/h1-13,25H,14H2,(H,24,26)/b23-13+. The lowest BCUT2D eigenvalue weighted by molar-refractivity contribution is 0.0955. The van der Waals surface area contributed by atoms with Crippen molar-refractivity contribution in [2.45, 2.75) is 6.61 Å². The third-order valence-electron chi connectivity index (χ3n) is 3.72. The van der Waals surface area contributed by atoms with Crippen LogP contribution in [0.2, 0.25) is 0 Å². The quantitative estimate of drug-likeness (QED) is 0.515. The molecule has 2 N–H and O–H groups in total. The molecule has 6 heteroatoms. The highest BCUT2D eigenvalue weighted by molar-refractivity contribution is 5.95. The van der Waals surface area contributed by atoms with E-state index in [9.17, 15) is 14.3 Å². The van der Waals surface area contributed by atoms with Crippen LogP contribution in [0, 0.1) is 5.82 Å². The van der Waals surface area contributed by atoms with Crippen molar-refractivity contribution in [3.05, 3.63) is 95.3 Å². The normalized spacial score (nSPS) is 10.7. The third-order valence-corrected chi connectivity index (χ3v) is 3.72. The number of phenols is 1. The number of nitrogens with one attached hydrogen (secondary N) is 1. The van der Waals surface area contributed by atoms with E-state index in [0.29, 0.717) is 22.4 Å². The van der Waals surface area contributed by atoms with Gasteiger partial charge in [-0.1, -0.05) is 30.3 Å². The fraction of sp³-hybridized carbons (Fsp3) is 0.0476. The van der Waals surface area contributed by atoms with Gasteiger partial charge in [-0.25, -0.2) is 9.82 Å². The second kappa shape index (κ2) is 8.62. The van der Waals surface area contributed by atoms with E-state index in [4.69, 9.17) is 4.74 Å². The monoisotopic (exact) mass is 364 g/mol. The summed E-state index contributed by atoms with van der Waals surface area (Å²) in [5.41, 5.74) is 3.98. The van der Waals surface area contributed by atoms with E-state index in [1.165, 1.54) is 36.5 Å². The molecule has 0 bridgehead atoms. The fourth-order valence-corrected chi connectivity index (χ4v) is 2.30. The van der Waals surface area contributed by atoms with Crippen LogP contribution in [0.3, 0.4) is 0 Å². The number of aromatic hydroxyl groups is 1. The van der Waals surface area contributed by atoms with Crippen LogP contribution in [0.15, 0.2) is 77.9 Å². The van der Waals surface area contributed by atoms with Crippen molar-refractivity contribution in [3.8, 4) is 11.5 Å². The van der Waals surface area contributed by atoms with Crippen LogP contribution in [0.5, 0.6) is 11.5 Å². The van der Waals surface area contributed by atoms with Crippen molar-refractivity contribution in [1.29, 1.82) is 0 Å². The summed E-state index contributed by atoms with van der Waals surface area (Å²) in [7, 11) is 0. The molecule has 0 radical (unpaired) electrons. The maximum absolute atomic E-state index is 13.6. The van der Waals surface area contributed by atoms with E-state index in [-0.39, 0.29) is 18.2 Å². The summed E-state index contributed by atoms with van der Waals surface area (Å²) in [5.74, 6) is -0.0559. The van der Waals surface area contributed by atoms with E-state index in [0.717, 1.165) is 0 Å². The van der Waals surface area contributed by atoms with E-state index < -0.39 is 5.91 Å². The smallest absolute Gasteiger partial charge is 0.271 e. The van der Waals surface area contributed by atoms with Gasteiger partial charge >= 0.3 is 0 Å². The predicted octanol–water partition coefficient (Wildman–Crippen LogP) is 3.87. The van der Waals surface area contributed by atoms with Crippen molar-refractivity contribution in [3.63, 3.8) is 0 Å². The summed E-state index contributed by atoms with van der Waals surface area (Å²) in [6.45, 7) is 0.116. The Morgan fingerprint density at radius 2 is 1.85 bits per heavy atom. The van der Waals surface area contributed by atoms with Gasteiger partial charge in [0.25, 0.3) is 5.91 Å². The molecule has 3 aromatic carbocycles. The molecule has 0 aliphatic heterocycles. The van der Waals surface area contributed by atoms with Gasteiger partial charge in [0.15, 0.2) is 0 Å². The number of hydrogen-bond acceptors (Lipinski definition) is 4. The van der Waals surface area contributed by atoms with E-state index in [1.807, 2.05) is 0 Å². The maximum Gasteiger partial charge on any atom is 0.271 e. The number of ether oxygens (including phenoxy) is 1. The minimum atomic E-state index is -0.391. The summed E-state index contributed by atoms with van der Waals surface area (Å²) in [4.78, 5) is 11.9. The van der Waals surface area contributed by atoms with Crippen molar-refractivity contribution in [2.75, 3.05) is 0 Å². The Morgan fingerprint density at radius 1 is 1.07 bits per heavy atom. The minimum absolute atomic E-state index is 0.0854. The number of carbonyl (C=O) groups is 1. The highest BCUT2D eigenvalue weighted by Gasteiger charge is 2.04. The largest absolute Gasteiger partial charge is 0.508 e. The van der Waals surface area contributed by atoms with E-state index in [2.05, 4.69) is 10.5 Å². The molecule has 0 heterocycles. The Balaban J connectivity index is 1.58. The topological polar surface area (TPSA) is 70.9 Å².